The number of hydrogen-bond donors (Lipinski definition) is 0. The van der Waals surface area contributed by atoms with Crippen molar-refractivity contribution in [1.82, 2.24) is 0 Å². The van der Waals surface area contributed by atoms with Crippen LogP contribution in [0.2, 0.25) is 5.02 Å². The van der Waals surface area contributed by atoms with Gasteiger partial charge < -0.3 is 4.74 Å². The number of ether oxygens (including phenoxy) is 1. The fraction of sp³-hybridized carbons (Fsp3) is 0.333. The van der Waals surface area contributed by atoms with Crippen molar-refractivity contribution in [1.29, 1.82) is 0 Å². The Morgan fingerprint density at radius 3 is 1.96 bits per heavy atom. The van der Waals surface area contributed by atoms with Crippen LogP contribution >= 0.6 is 11.6 Å². The van der Waals surface area contributed by atoms with Crippen LogP contribution in [0.3, 0.4) is 0 Å². The van der Waals surface area contributed by atoms with Crippen LogP contribution in [-0.4, -0.2) is 6.61 Å². The highest BCUT2D eigenvalue weighted by molar-refractivity contribution is 6.30. The Morgan fingerprint density at radius 2 is 1.35 bits per heavy atom. The van der Waals surface area contributed by atoms with Crippen molar-refractivity contribution in [3.05, 3.63) is 64.7 Å². The molecular weight excluding hydrogens is 304 g/mol. The van der Waals surface area contributed by atoms with E-state index in [1.54, 1.807) is 0 Å². The summed E-state index contributed by atoms with van der Waals surface area (Å²) in [6.45, 7) is 3.02. The molecule has 0 aliphatic heterocycles. The molecule has 0 aromatic heterocycles. The van der Waals surface area contributed by atoms with Crippen LogP contribution in [-0.2, 0) is 0 Å². The standard InChI is InChI=1S/C21H23ClO/c1-2-3-4-5-6-17-23-21-15-11-19(12-16-21)8-7-18-9-13-20(22)14-10-18/h9-16H,2-6,17H2,1H3. The molecule has 0 unspecified atom stereocenters. The molecule has 1 nitrogen and oxygen atoms in total. The summed E-state index contributed by atoms with van der Waals surface area (Å²) in [7, 11) is 0. The highest BCUT2D eigenvalue weighted by Crippen LogP contribution is 2.13. The van der Waals surface area contributed by atoms with Crippen LogP contribution in [0.1, 0.15) is 50.2 Å². The van der Waals surface area contributed by atoms with Crippen LogP contribution < -0.4 is 4.74 Å². The smallest absolute Gasteiger partial charge is 0.119 e. The lowest BCUT2D eigenvalue weighted by Crippen LogP contribution is -1.97. The van der Waals surface area contributed by atoms with Crippen molar-refractivity contribution in [2.45, 2.75) is 39.0 Å². The van der Waals surface area contributed by atoms with E-state index in [4.69, 9.17) is 16.3 Å². The minimum Gasteiger partial charge on any atom is -0.494 e. The van der Waals surface area contributed by atoms with Gasteiger partial charge in [-0.25, -0.2) is 0 Å². The number of halogens is 1. The summed E-state index contributed by atoms with van der Waals surface area (Å²) in [6.07, 6.45) is 6.27. The molecule has 0 saturated heterocycles. The van der Waals surface area contributed by atoms with E-state index < -0.39 is 0 Å². The third kappa shape index (κ3) is 6.80. The average Bonchev–Trinajstić information content (AvgIpc) is 2.58. The van der Waals surface area contributed by atoms with Gasteiger partial charge in [-0.2, -0.15) is 0 Å². The van der Waals surface area contributed by atoms with Crippen molar-refractivity contribution in [2.24, 2.45) is 0 Å². The van der Waals surface area contributed by atoms with Gasteiger partial charge in [-0.3, -0.25) is 0 Å². The lowest BCUT2D eigenvalue weighted by molar-refractivity contribution is 0.304. The molecule has 2 heteroatoms. The van der Waals surface area contributed by atoms with Crippen molar-refractivity contribution < 1.29 is 4.74 Å². The quantitative estimate of drug-likeness (QED) is 0.442. The molecule has 0 atom stereocenters. The van der Waals surface area contributed by atoms with Gasteiger partial charge in [-0.05, 0) is 55.0 Å². The van der Waals surface area contributed by atoms with Crippen molar-refractivity contribution >= 4 is 11.6 Å². The number of benzene rings is 2. The molecule has 0 heterocycles. The molecule has 0 aliphatic rings. The molecule has 0 saturated carbocycles. The van der Waals surface area contributed by atoms with E-state index in [9.17, 15) is 0 Å². The van der Waals surface area contributed by atoms with E-state index in [0.717, 1.165) is 34.9 Å². The maximum Gasteiger partial charge on any atom is 0.119 e. The molecule has 2 rings (SSSR count). The van der Waals surface area contributed by atoms with Gasteiger partial charge in [-0.15, -0.1) is 0 Å². The summed E-state index contributed by atoms with van der Waals surface area (Å²) in [6, 6.07) is 15.5. The van der Waals surface area contributed by atoms with E-state index in [-0.39, 0.29) is 0 Å². The maximum atomic E-state index is 5.86. The molecule has 0 amide bonds. The third-order valence-electron chi connectivity index (χ3n) is 3.57. The van der Waals surface area contributed by atoms with Crippen LogP contribution in [0.4, 0.5) is 0 Å². The predicted octanol–water partition coefficient (Wildman–Crippen LogP) is 6.09. The molecule has 0 bridgehead atoms. The van der Waals surface area contributed by atoms with E-state index >= 15 is 0 Å². The first-order chi connectivity index (χ1) is 11.3. The molecule has 0 N–H and O–H groups in total. The summed E-state index contributed by atoms with van der Waals surface area (Å²) >= 11 is 5.86. The fourth-order valence-electron chi connectivity index (χ4n) is 2.21. The van der Waals surface area contributed by atoms with Crippen molar-refractivity contribution in [3.63, 3.8) is 0 Å². The van der Waals surface area contributed by atoms with Gasteiger partial charge >= 0.3 is 0 Å². The second-order valence-electron chi connectivity index (χ2n) is 5.54. The molecule has 0 radical (unpaired) electrons. The molecule has 23 heavy (non-hydrogen) atoms. The molecular formula is C21H23ClO. The van der Waals surface area contributed by atoms with Gasteiger partial charge in [0.2, 0.25) is 0 Å². The first-order valence-electron chi connectivity index (χ1n) is 8.28. The van der Waals surface area contributed by atoms with Gasteiger partial charge in [0.25, 0.3) is 0 Å². The summed E-state index contributed by atoms with van der Waals surface area (Å²) < 4.78 is 5.75. The SMILES string of the molecule is CCCCCCCOc1ccc(C#Cc2ccc(Cl)cc2)cc1. The molecule has 0 spiro atoms. The summed E-state index contributed by atoms with van der Waals surface area (Å²) in [5.41, 5.74) is 1.94. The highest BCUT2D eigenvalue weighted by Gasteiger charge is 1.95. The molecule has 2 aromatic carbocycles. The third-order valence-corrected chi connectivity index (χ3v) is 3.82. The summed E-state index contributed by atoms with van der Waals surface area (Å²) in [4.78, 5) is 0. The monoisotopic (exact) mass is 326 g/mol. The summed E-state index contributed by atoms with van der Waals surface area (Å²) in [5.74, 6) is 7.19. The average molecular weight is 327 g/mol. The Bertz CT molecular complexity index is 632. The Morgan fingerprint density at radius 1 is 0.783 bits per heavy atom. The van der Waals surface area contributed by atoms with Gasteiger partial charge in [0.1, 0.15) is 5.75 Å². The number of rotatable bonds is 7. The Balaban J connectivity index is 1.79. The number of hydrogen-bond acceptors (Lipinski definition) is 1. The second kappa shape index (κ2) is 9.98. The molecule has 0 aliphatic carbocycles. The second-order valence-corrected chi connectivity index (χ2v) is 5.98. The topological polar surface area (TPSA) is 9.23 Å². The summed E-state index contributed by atoms with van der Waals surface area (Å²) in [5, 5.41) is 0.728. The van der Waals surface area contributed by atoms with Crippen LogP contribution in [0, 0.1) is 11.8 Å². The lowest BCUT2D eigenvalue weighted by Gasteiger charge is -2.05. The first kappa shape index (κ1) is 17.4. The zero-order valence-electron chi connectivity index (χ0n) is 13.6. The van der Waals surface area contributed by atoms with Gasteiger partial charge in [0.05, 0.1) is 6.61 Å². The van der Waals surface area contributed by atoms with Crippen molar-refractivity contribution in [3.8, 4) is 17.6 Å². The lowest BCUT2D eigenvalue weighted by atomic mass is 10.1. The first-order valence-corrected chi connectivity index (χ1v) is 8.66. The predicted molar refractivity (Wildman–Crippen MR) is 98.1 cm³/mol. The van der Waals surface area contributed by atoms with Gasteiger partial charge in [0, 0.05) is 16.1 Å². The van der Waals surface area contributed by atoms with E-state index in [1.165, 1.54) is 25.7 Å². The Labute approximate surface area is 144 Å². The Hall–Kier alpha value is -1.91. The minimum atomic E-state index is 0.728. The number of unbranched alkanes of at least 4 members (excludes halogenated alkanes) is 4. The van der Waals surface area contributed by atoms with Crippen LogP contribution in [0.25, 0.3) is 0 Å². The largest absolute Gasteiger partial charge is 0.494 e. The highest BCUT2D eigenvalue weighted by atomic mass is 35.5. The normalized spacial score (nSPS) is 10.0. The van der Waals surface area contributed by atoms with E-state index in [2.05, 4.69) is 18.8 Å². The zero-order chi connectivity index (χ0) is 16.3. The zero-order valence-corrected chi connectivity index (χ0v) is 14.4. The van der Waals surface area contributed by atoms with Gasteiger partial charge in [0.15, 0.2) is 0 Å². The minimum absolute atomic E-state index is 0.728. The van der Waals surface area contributed by atoms with E-state index in [0.29, 0.717) is 0 Å². The van der Waals surface area contributed by atoms with Crippen LogP contribution in [0.5, 0.6) is 5.75 Å². The molecule has 0 fully saturated rings. The fourth-order valence-corrected chi connectivity index (χ4v) is 2.33. The van der Waals surface area contributed by atoms with Gasteiger partial charge in [-0.1, -0.05) is 56.0 Å². The van der Waals surface area contributed by atoms with Crippen molar-refractivity contribution in [2.75, 3.05) is 6.61 Å². The molecule has 120 valence electrons. The van der Waals surface area contributed by atoms with E-state index in [1.807, 2.05) is 48.5 Å². The Kier molecular flexibility index (Phi) is 7.57. The molecule has 2 aromatic rings. The maximum absolute atomic E-state index is 5.86. The van der Waals surface area contributed by atoms with Crippen LogP contribution in [0.15, 0.2) is 48.5 Å².